The molecular formula is C22H17N3O4S2. The molecule has 0 spiro atoms. The smallest absolute Gasteiger partial charge is 0.270 e. The lowest BCUT2D eigenvalue weighted by Crippen LogP contribution is -2.28. The van der Waals surface area contributed by atoms with Gasteiger partial charge in [0.25, 0.3) is 11.6 Å². The predicted octanol–water partition coefficient (Wildman–Crippen LogP) is 5.77. The van der Waals surface area contributed by atoms with E-state index in [1.165, 1.54) is 29.5 Å². The van der Waals surface area contributed by atoms with Crippen LogP contribution in [0.1, 0.15) is 11.3 Å². The van der Waals surface area contributed by atoms with Gasteiger partial charge >= 0.3 is 0 Å². The number of fused-ring (bicyclic) bond motifs is 1. The molecule has 156 valence electrons. The van der Waals surface area contributed by atoms with Crippen LogP contribution >= 0.6 is 23.1 Å². The Balaban J connectivity index is 1.67. The minimum atomic E-state index is -0.465. The maximum absolute atomic E-state index is 13.1. The van der Waals surface area contributed by atoms with E-state index in [0.717, 1.165) is 15.1 Å². The minimum Gasteiger partial charge on any atom is -0.467 e. The molecule has 7 nitrogen and oxygen atoms in total. The maximum Gasteiger partial charge on any atom is 0.270 e. The van der Waals surface area contributed by atoms with Gasteiger partial charge < -0.3 is 4.42 Å². The Labute approximate surface area is 186 Å². The zero-order chi connectivity index (χ0) is 21.8. The van der Waals surface area contributed by atoms with Gasteiger partial charge in [-0.25, -0.2) is 4.98 Å². The van der Waals surface area contributed by atoms with Gasteiger partial charge in [0.15, 0.2) is 5.13 Å². The number of nitro groups is 1. The van der Waals surface area contributed by atoms with Crippen molar-refractivity contribution in [2.75, 3.05) is 11.2 Å². The van der Waals surface area contributed by atoms with Crippen molar-refractivity contribution in [1.82, 2.24) is 4.98 Å². The van der Waals surface area contributed by atoms with Crippen molar-refractivity contribution < 1.29 is 14.1 Å². The summed E-state index contributed by atoms with van der Waals surface area (Å²) in [5.74, 6) is 0.328. The fourth-order valence-corrected chi connectivity index (χ4v) is 4.61. The van der Waals surface area contributed by atoms with Crippen LogP contribution in [-0.4, -0.2) is 22.1 Å². The number of rotatable bonds is 7. The summed E-state index contributed by atoms with van der Waals surface area (Å²) >= 11 is 3.03. The van der Waals surface area contributed by atoms with Gasteiger partial charge in [0, 0.05) is 23.1 Å². The van der Waals surface area contributed by atoms with E-state index in [0.29, 0.717) is 16.5 Å². The normalized spacial score (nSPS) is 11.3. The highest BCUT2D eigenvalue weighted by molar-refractivity contribution is 7.98. The molecule has 0 unspecified atom stereocenters. The van der Waals surface area contributed by atoms with Gasteiger partial charge in [-0.15, -0.1) is 11.8 Å². The molecule has 4 aromatic rings. The number of anilines is 1. The molecule has 9 heteroatoms. The van der Waals surface area contributed by atoms with E-state index in [-0.39, 0.29) is 18.1 Å². The van der Waals surface area contributed by atoms with Crippen LogP contribution < -0.4 is 4.90 Å². The summed E-state index contributed by atoms with van der Waals surface area (Å²) in [5.41, 5.74) is 1.39. The molecule has 2 heterocycles. The van der Waals surface area contributed by atoms with Gasteiger partial charge in [0.05, 0.1) is 27.9 Å². The molecule has 0 N–H and O–H groups in total. The van der Waals surface area contributed by atoms with Crippen LogP contribution in [0.3, 0.4) is 0 Å². The van der Waals surface area contributed by atoms with Crippen LogP contribution in [0.2, 0.25) is 0 Å². The molecule has 0 aliphatic rings. The molecule has 0 aliphatic heterocycles. The third-order valence-electron chi connectivity index (χ3n) is 4.48. The zero-order valence-corrected chi connectivity index (χ0v) is 18.1. The largest absolute Gasteiger partial charge is 0.467 e. The first-order valence-corrected chi connectivity index (χ1v) is 11.3. The first-order valence-electron chi connectivity index (χ1n) is 9.25. The molecule has 0 radical (unpaired) electrons. The van der Waals surface area contributed by atoms with E-state index in [2.05, 4.69) is 0 Å². The quantitative estimate of drug-likeness (QED) is 0.153. The van der Waals surface area contributed by atoms with Crippen molar-refractivity contribution in [2.45, 2.75) is 11.4 Å². The second-order valence-electron chi connectivity index (χ2n) is 6.49. The summed E-state index contributed by atoms with van der Waals surface area (Å²) in [7, 11) is 0. The minimum absolute atomic E-state index is 0.0298. The number of non-ortho nitro benzene ring substituents is 1. The molecular weight excluding hydrogens is 434 g/mol. The van der Waals surface area contributed by atoms with Gasteiger partial charge in [-0.2, -0.15) is 0 Å². The molecule has 0 fully saturated rings. The van der Waals surface area contributed by atoms with Gasteiger partial charge in [-0.3, -0.25) is 19.8 Å². The van der Waals surface area contributed by atoms with Gasteiger partial charge in [0.1, 0.15) is 5.76 Å². The van der Waals surface area contributed by atoms with Crippen molar-refractivity contribution in [1.29, 1.82) is 0 Å². The molecule has 0 bridgehead atoms. The van der Waals surface area contributed by atoms with E-state index in [9.17, 15) is 14.9 Å². The Bertz CT molecular complexity index is 1270. The predicted molar refractivity (Wildman–Crippen MR) is 123 cm³/mol. The number of para-hydroxylation sites is 1. The standard InChI is InChI=1S/C22H17N3O4S2/c1-30-18-8-3-9-19-21(18)23-22(31-19)24(14-17-7-4-12-29-17)20(26)11-10-15-5-2-6-16(13-15)25(27)28/h2-13H,14H2,1H3/b11-10+. The Morgan fingerprint density at radius 2 is 2.10 bits per heavy atom. The lowest BCUT2D eigenvalue weighted by atomic mass is 10.2. The SMILES string of the molecule is CSc1cccc2sc(N(Cc3ccco3)C(=O)/C=C/c3cccc([N+](=O)[O-])c3)nc12. The summed E-state index contributed by atoms with van der Waals surface area (Å²) < 4.78 is 6.43. The molecule has 2 aromatic carbocycles. The van der Waals surface area contributed by atoms with Crippen molar-refractivity contribution >= 4 is 56.1 Å². The summed E-state index contributed by atoms with van der Waals surface area (Å²) in [6.07, 6.45) is 6.50. The van der Waals surface area contributed by atoms with E-state index in [1.54, 1.807) is 53.3 Å². The van der Waals surface area contributed by atoms with E-state index >= 15 is 0 Å². The van der Waals surface area contributed by atoms with E-state index in [4.69, 9.17) is 9.40 Å². The average molecular weight is 452 g/mol. The third-order valence-corrected chi connectivity index (χ3v) is 6.29. The molecule has 1 amide bonds. The summed E-state index contributed by atoms with van der Waals surface area (Å²) in [4.78, 5) is 30.9. The van der Waals surface area contributed by atoms with Crippen LogP contribution in [0.15, 0.2) is 76.2 Å². The topological polar surface area (TPSA) is 89.5 Å². The van der Waals surface area contributed by atoms with Crippen LogP contribution in [0, 0.1) is 10.1 Å². The monoisotopic (exact) mass is 451 g/mol. The van der Waals surface area contributed by atoms with Crippen LogP contribution in [0.4, 0.5) is 10.8 Å². The number of furan rings is 1. The van der Waals surface area contributed by atoms with Crippen molar-refractivity contribution in [2.24, 2.45) is 0 Å². The first kappa shape index (κ1) is 20.8. The van der Waals surface area contributed by atoms with Crippen molar-refractivity contribution in [3.05, 3.63) is 88.4 Å². The second kappa shape index (κ2) is 9.15. The molecule has 2 aromatic heterocycles. The lowest BCUT2D eigenvalue weighted by molar-refractivity contribution is -0.384. The molecule has 31 heavy (non-hydrogen) atoms. The highest BCUT2D eigenvalue weighted by Crippen LogP contribution is 2.34. The lowest BCUT2D eigenvalue weighted by Gasteiger charge is -2.16. The Hall–Kier alpha value is -3.43. The number of thioether (sulfide) groups is 1. The number of carbonyl (C=O) groups excluding carboxylic acids is 1. The number of carbonyl (C=O) groups is 1. The Morgan fingerprint density at radius 1 is 1.26 bits per heavy atom. The fourth-order valence-electron chi connectivity index (χ4n) is 2.99. The summed E-state index contributed by atoms with van der Waals surface area (Å²) in [6, 6.07) is 15.6. The highest BCUT2D eigenvalue weighted by Gasteiger charge is 2.20. The van der Waals surface area contributed by atoms with E-state index < -0.39 is 4.92 Å². The maximum atomic E-state index is 13.1. The molecule has 0 aliphatic carbocycles. The number of benzene rings is 2. The van der Waals surface area contributed by atoms with Crippen LogP contribution in [0.25, 0.3) is 16.3 Å². The number of nitrogens with zero attached hydrogens (tertiary/aromatic N) is 3. The first-order chi connectivity index (χ1) is 15.0. The number of hydrogen-bond acceptors (Lipinski definition) is 7. The van der Waals surface area contributed by atoms with Crippen LogP contribution in [-0.2, 0) is 11.3 Å². The number of thiazole rings is 1. The number of nitro benzene ring substituents is 1. The van der Waals surface area contributed by atoms with Crippen LogP contribution in [0.5, 0.6) is 0 Å². The van der Waals surface area contributed by atoms with Gasteiger partial charge in [-0.05, 0) is 42.2 Å². The third kappa shape index (κ3) is 4.68. The molecule has 0 saturated heterocycles. The highest BCUT2D eigenvalue weighted by atomic mass is 32.2. The molecule has 4 rings (SSSR count). The second-order valence-corrected chi connectivity index (χ2v) is 8.35. The van der Waals surface area contributed by atoms with E-state index in [1.807, 2.05) is 24.5 Å². The van der Waals surface area contributed by atoms with Gasteiger partial charge in [0.2, 0.25) is 0 Å². The fraction of sp³-hybridized carbons (Fsp3) is 0.0909. The zero-order valence-electron chi connectivity index (χ0n) is 16.4. The summed E-state index contributed by atoms with van der Waals surface area (Å²) in [6.45, 7) is 0.222. The van der Waals surface area contributed by atoms with Crippen molar-refractivity contribution in [3.8, 4) is 0 Å². The number of amides is 1. The molecule has 0 atom stereocenters. The number of hydrogen-bond donors (Lipinski definition) is 0. The van der Waals surface area contributed by atoms with Gasteiger partial charge in [-0.1, -0.05) is 29.5 Å². The summed E-state index contributed by atoms with van der Waals surface area (Å²) in [5, 5.41) is 11.5. The Kier molecular flexibility index (Phi) is 6.15. The van der Waals surface area contributed by atoms with Crippen molar-refractivity contribution in [3.63, 3.8) is 0 Å². The number of aromatic nitrogens is 1. The molecule has 0 saturated carbocycles. The average Bonchev–Trinajstić information content (AvgIpc) is 3.45. The Morgan fingerprint density at radius 3 is 2.84 bits per heavy atom.